The van der Waals surface area contributed by atoms with Crippen LogP contribution in [-0.4, -0.2) is 32.2 Å². The third-order valence-corrected chi connectivity index (χ3v) is 4.09. The summed E-state index contributed by atoms with van der Waals surface area (Å²) < 4.78 is 0. The molecule has 0 aromatic heterocycles. The van der Waals surface area contributed by atoms with Crippen molar-refractivity contribution in [2.75, 3.05) is 19.3 Å². The Morgan fingerprint density at radius 3 is 2.44 bits per heavy atom. The van der Waals surface area contributed by atoms with Gasteiger partial charge >= 0.3 is 0 Å². The van der Waals surface area contributed by atoms with Crippen molar-refractivity contribution in [1.29, 1.82) is 0 Å². The van der Waals surface area contributed by atoms with Crippen molar-refractivity contribution in [3.05, 3.63) is 12.3 Å². The van der Waals surface area contributed by atoms with E-state index in [2.05, 4.69) is 30.3 Å². The molecule has 0 aromatic rings. The summed E-state index contributed by atoms with van der Waals surface area (Å²) in [6, 6.07) is 0. The van der Waals surface area contributed by atoms with Crippen LogP contribution in [0.15, 0.2) is 12.3 Å². The zero-order valence-corrected chi connectivity index (χ0v) is 7.35. The maximum atomic E-state index is 3.85. The average molecular weight is 141 g/mol. The third kappa shape index (κ3) is 2.33. The molecule has 0 aliphatic carbocycles. The Bertz CT molecular complexity index is 116. The van der Waals surface area contributed by atoms with Crippen LogP contribution in [0, 0.1) is 0 Å². The summed E-state index contributed by atoms with van der Waals surface area (Å²) in [6.07, 6.45) is 1.32. The maximum absolute atomic E-state index is 3.85. The van der Waals surface area contributed by atoms with Gasteiger partial charge < -0.3 is 4.90 Å². The van der Waals surface area contributed by atoms with Crippen LogP contribution >= 0.6 is 0 Å². The highest BCUT2D eigenvalue weighted by atomic mass is 28.3. The van der Waals surface area contributed by atoms with E-state index in [4.69, 9.17) is 0 Å². The molecule has 0 atom stereocenters. The van der Waals surface area contributed by atoms with E-state index in [9.17, 15) is 0 Å². The Hall–Kier alpha value is -0.0831. The van der Waals surface area contributed by atoms with Gasteiger partial charge in [-0.05, 0) is 6.17 Å². The minimum atomic E-state index is -0.988. The summed E-state index contributed by atoms with van der Waals surface area (Å²) in [7, 11) is -0.988. The van der Waals surface area contributed by atoms with E-state index in [1.165, 1.54) is 19.3 Å². The third-order valence-electron chi connectivity index (χ3n) is 1.72. The SMILES string of the molecule is C=C[Si](C)(C)CN1CC1. The van der Waals surface area contributed by atoms with Crippen LogP contribution in [-0.2, 0) is 0 Å². The molecule has 1 heterocycles. The van der Waals surface area contributed by atoms with E-state index in [-0.39, 0.29) is 0 Å². The first-order chi connectivity index (χ1) is 4.14. The second kappa shape index (κ2) is 2.27. The topological polar surface area (TPSA) is 3.01 Å². The molecule has 1 aliphatic rings. The fourth-order valence-electron chi connectivity index (χ4n) is 0.870. The summed E-state index contributed by atoms with van der Waals surface area (Å²) in [5.74, 6) is 0. The predicted octanol–water partition coefficient (Wildman–Crippen LogP) is 1.27. The van der Waals surface area contributed by atoms with Crippen LogP contribution in [0.1, 0.15) is 0 Å². The Labute approximate surface area is 58.4 Å². The second-order valence-corrected chi connectivity index (χ2v) is 8.17. The van der Waals surface area contributed by atoms with Crippen LogP contribution in [0.2, 0.25) is 13.1 Å². The molecule has 0 saturated carbocycles. The van der Waals surface area contributed by atoms with Crippen molar-refractivity contribution in [3.8, 4) is 0 Å². The summed E-state index contributed by atoms with van der Waals surface area (Å²) in [5.41, 5.74) is 2.17. The minimum Gasteiger partial charge on any atom is -0.303 e. The molecule has 0 spiro atoms. The molecule has 0 unspecified atom stereocenters. The number of nitrogens with zero attached hydrogens (tertiary/aromatic N) is 1. The molecule has 1 rings (SSSR count). The number of hydrogen-bond acceptors (Lipinski definition) is 1. The summed E-state index contributed by atoms with van der Waals surface area (Å²) in [6.45, 7) is 11.2. The van der Waals surface area contributed by atoms with Crippen molar-refractivity contribution < 1.29 is 0 Å². The van der Waals surface area contributed by atoms with Gasteiger partial charge in [-0.1, -0.05) is 13.1 Å². The molecule has 1 fully saturated rings. The molecule has 0 amide bonds. The van der Waals surface area contributed by atoms with Gasteiger partial charge in [-0.3, -0.25) is 0 Å². The van der Waals surface area contributed by atoms with Crippen LogP contribution in [0.25, 0.3) is 0 Å². The predicted molar refractivity (Wildman–Crippen MR) is 44.1 cm³/mol. The standard InChI is InChI=1S/C7H15NSi/c1-4-9(2,3)7-8-5-6-8/h4H,1,5-7H2,2-3H3. The normalized spacial score (nSPS) is 19.8. The van der Waals surface area contributed by atoms with Crippen molar-refractivity contribution >= 4 is 8.07 Å². The molecule has 0 bridgehead atoms. The summed E-state index contributed by atoms with van der Waals surface area (Å²) in [4.78, 5) is 2.48. The van der Waals surface area contributed by atoms with Crippen LogP contribution in [0.3, 0.4) is 0 Å². The van der Waals surface area contributed by atoms with E-state index in [0.29, 0.717) is 0 Å². The highest BCUT2D eigenvalue weighted by molar-refractivity contribution is 6.82. The van der Waals surface area contributed by atoms with Gasteiger partial charge in [0.1, 0.15) is 0 Å². The monoisotopic (exact) mass is 141 g/mol. The van der Waals surface area contributed by atoms with E-state index >= 15 is 0 Å². The van der Waals surface area contributed by atoms with E-state index < -0.39 is 8.07 Å². The lowest BCUT2D eigenvalue weighted by Crippen LogP contribution is -2.32. The Kier molecular flexibility index (Phi) is 1.77. The smallest absolute Gasteiger partial charge is 0.0854 e. The first-order valence-electron chi connectivity index (χ1n) is 3.50. The van der Waals surface area contributed by atoms with Crippen molar-refractivity contribution in [2.45, 2.75) is 13.1 Å². The molecule has 1 saturated heterocycles. The van der Waals surface area contributed by atoms with Crippen LogP contribution < -0.4 is 0 Å². The quantitative estimate of drug-likeness (QED) is 0.422. The van der Waals surface area contributed by atoms with Gasteiger partial charge in [0, 0.05) is 13.1 Å². The number of rotatable bonds is 3. The summed E-state index contributed by atoms with van der Waals surface area (Å²) >= 11 is 0. The fraction of sp³-hybridized carbons (Fsp3) is 0.714. The lowest BCUT2D eigenvalue weighted by molar-refractivity contribution is 0.651. The van der Waals surface area contributed by atoms with Crippen LogP contribution in [0.4, 0.5) is 0 Å². The molecule has 1 aliphatic heterocycles. The van der Waals surface area contributed by atoms with Gasteiger partial charge in [-0.25, -0.2) is 0 Å². The molecule has 0 N–H and O–H groups in total. The molecule has 0 aromatic carbocycles. The van der Waals surface area contributed by atoms with E-state index in [1.54, 1.807) is 0 Å². The van der Waals surface area contributed by atoms with Gasteiger partial charge in [-0.15, -0.1) is 12.3 Å². The first kappa shape index (κ1) is 7.03. The fourth-order valence-corrected chi connectivity index (χ4v) is 2.47. The first-order valence-corrected chi connectivity index (χ1v) is 6.78. The molecule has 52 valence electrons. The zero-order valence-electron chi connectivity index (χ0n) is 6.35. The average Bonchev–Trinajstić information content (AvgIpc) is 2.50. The van der Waals surface area contributed by atoms with Crippen molar-refractivity contribution in [1.82, 2.24) is 4.90 Å². The maximum Gasteiger partial charge on any atom is 0.0854 e. The lowest BCUT2D eigenvalue weighted by atomic mass is 11.0. The molecule has 9 heavy (non-hydrogen) atoms. The highest BCUT2D eigenvalue weighted by Crippen LogP contribution is 2.11. The number of hydrogen-bond donors (Lipinski definition) is 0. The van der Waals surface area contributed by atoms with E-state index in [1.807, 2.05) is 0 Å². The van der Waals surface area contributed by atoms with Crippen molar-refractivity contribution in [2.24, 2.45) is 0 Å². The van der Waals surface area contributed by atoms with Gasteiger partial charge in [0.15, 0.2) is 0 Å². The minimum absolute atomic E-state index is 0.988. The molecule has 0 radical (unpaired) electrons. The van der Waals surface area contributed by atoms with Crippen molar-refractivity contribution in [3.63, 3.8) is 0 Å². The summed E-state index contributed by atoms with van der Waals surface area (Å²) in [5, 5.41) is 0. The molecular weight excluding hydrogens is 126 g/mol. The highest BCUT2D eigenvalue weighted by Gasteiger charge is 2.26. The van der Waals surface area contributed by atoms with Gasteiger partial charge in [0.05, 0.1) is 8.07 Å². The Morgan fingerprint density at radius 2 is 2.11 bits per heavy atom. The van der Waals surface area contributed by atoms with Crippen LogP contribution in [0.5, 0.6) is 0 Å². The van der Waals surface area contributed by atoms with Gasteiger partial charge in [0.25, 0.3) is 0 Å². The zero-order chi connectivity index (χ0) is 6.91. The van der Waals surface area contributed by atoms with Gasteiger partial charge in [-0.2, -0.15) is 0 Å². The lowest BCUT2D eigenvalue weighted by Gasteiger charge is -2.16. The Morgan fingerprint density at radius 1 is 1.56 bits per heavy atom. The Balaban J connectivity index is 2.29. The second-order valence-electron chi connectivity index (χ2n) is 3.47. The van der Waals surface area contributed by atoms with E-state index in [0.717, 1.165) is 0 Å². The molecule has 1 nitrogen and oxygen atoms in total. The largest absolute Gasteiger partial charge is 0.303 e. The molecular formula is C7H15NSi. The van der Waals surface area contributed by atoms with Gasteiger partial charge in [0.2, 0.25) is 0 Å². The molecule has 2 heteroatoms.